The van der Waals surface area contributed by atoms with Crippen molar-refractivity contribution in [3.05, 3.63) is 98.8 Å². The Hall–Kier alpha value is -4.33. The van der Waals surface area contributed by atoms with Gasteiger partial charge in [-0.05, 0) is 18.2 Å². The van der Waals surface area contributed by atoms with Crippen molar-refractivity contribution in [1.82, 2.24) is 9.66 Å². The lowest BCUT2D eigenvalue weighted by Gasteiger charge is -2.09. The maximum absolute atomic E-state index is 13.0. The summed E-state index contributed by atoms with van der Waals surface area (Å²) < 4.78 is 1.12. The molecule has 0 saturated carbocycles. The molecule has 0 fully saturated rings. The molecule has 1 heterocycles. The number of aromatic nitrogens is 2. The zero-order valence-electron chi connectivity index (χ0n) is 15.0. The van der Waals surface area contributed by atoms with Gasteiger partial charge in [-0.15, -0.1) is 0 Å². The molecule has 29 heavy (non-hydrogen) atoms. The molecule has 8 heteroatoms. The summed E-state index contributed by atoms with van der Waals surface area (Å²) in [6.45, 7) is 0. The van der Waals surface area contributed by atoms with E-state index in [2.05, 4.69) is 10.1 Å². The molecule has 0 spiro atoms. The van der Waals surface area contributed by atoms with Crippen LogP contribution in [0.15, 0.2) is 82.7 Å². The first kappa shape index (κ1) is 18.1. The van der Waals surface area contributed by atoms with Gasteiger partial charge >= 0.3 is 5.69 Å². The summed E-state index contributed by atoms with van der Waals surface area (Å²) in [6.07, 6.45) is 1.20. The van der Waals surface area contributed by atoms with Crippen LogP contribution < -0.4 is 5.56 Å². The maximum Gasteiger partial charge on any atom is 0.311 e. The summed E-state index contributed by atoms with van der Waals surface area (Å²) in [5.74, 6) is -0.209. The SMILES string of the molecule is O=c1c2ccccc2nc(-c2ccccc2)n1N=Cc1cccc([N+](=O)[O-])c1O. The molecule has 4 aromatic rings. The van der Waals surface area contributed by atoms with Crippen LogP contribution in [0.5, 0.6) is 5.75 Å². The van der Waals surface area contributed by atoms with Gasteiger partial charge < -0.3 is 5.11 Å². The number of nitro groups is 1. The van der Waals surface area contributed by atoms with Crippen LogP contribution in [0.25, 0.3) is 22.3 Å². The van der Waals surface area contributed by atoms with E-state index in [4.69, 9.17) is 0 Å². The van der Waals surface area contributed by atoms with Crippen molar-refractivity contribution in [1.29, 1.82) is 0 Å². The lowest BCUT2D eigenvalue weighted by Crippen LogP contribution is -2.20. The number of phenolic OH excluding ortho intramolecular Hbond substituents is 1. The predicted molar refractivity (Wildman–Crippen MR) is 109 cm³/mol. The highest BCUT2D eigenvalue weighted by Crippen LogP contribution is 2.28. The number of rotatable bonds is 4. The highest BCUT2D eigenvalue weighted by Gasteiger charge is 2.16. The van der Waals surface area contributed by atoms with Crippen molar-refractivity contribution in [2.24, 2.45) is 5.10 Å². The summed E-state index contributed by atoms with van der Waals surface area (Å²) in [6, 6.07) is 20.1. The number of phenols is 1. The average Bonchev–Trinajstić information content (AvgIpc) is 2.74. The van der Waals surface area contributed by atoms with Crippen molar-refractivity contribution < 1.29 is 10.0 Å². The van der Waals surface area contributed by atoms with E-state index < -0.39 is 21.9 Å². The van der Waals surface area contributed by atoms with E-state index in [1.807, 2.05) is 18.2 Å². The normalized spacial score (nSPS) is 11.2. The summed E-state index contributed by atoms with van der Waals surface area (Å²) in [5.41, 5.74) is 0.479. The van der Waals surface area contributed by atoms with Crippen LogP contribution >= 0.6 is 0 Å². The summed E-state index contributed by atoms with van der Waals surface area (Å²) >= 11 is 0. The van der Waals surface area contributed by atoms with Crippen molar-refractivity contribution in [3.63, 3.8) is 0 Å². The minimum absolute atomic E-state index is 0.110. The van der Waals surface area contributed by atoms with Gasteiger partial charge in [0.15, 0.2) is 5.82 Å². The molecule has 142 valence electrons. The van der Waals surface area contributed by atoms with Crippen molar-refractivity contribution >= 4 is 22.8 Å². The van der Waals surface area contributed by atoms with Gasteiger partial charge in [0.25, 0.3) is 5.56 Å². The largest absolute Gasteiger partial charge is 0.502 e. The van der Waals surface area contributed by atoms with E-state index >= 15 is 0 Å². The van der Waals surface area contributed by atoms with Gasteiger partial charge in [0.2, 0.25) is 5.75 Å². The standard InChI is InChI=1S/C21H14N4O4/c26-19-15(9-6-12-18(19)25(28)29)13-22-24-20(14-7-2-1-3-8-14)23-17-11-5-4-10-16(17)21(24)27/h1-13,26H. The number of nitrogens with zero attached hydrogens (tertiary/aromatic N) is 4. The first-order valence-electron chi connectivity index (χ1n) is 8.64. The Kier molecular flexibility index (Phi) is 4.58. The highest BCUT2D eigenvalue weighted by molar-refractivity contribution is 5.86. The molecule has 1 aromatic heterocycles. The minimum atomic E-state index is -0.689. The van der Waals surface area contributed by atoms with E-state index in [1.54, 1.807) is 36.4 Å². The Balaban J connectivity index is 1.93. The smallest absolute Gasteiger partial charge is 0.311 e. The zero-order valence-corrected chi connectivity index (χ0v) is 15.0. The second kappa shape index (κ2) is 7.35. The summed E-state index contributed by atoms with van der Waals surface area (Å²) in [7, 11) is 0. The molecular formula is C21H14N4O4. The fourth-order valence-corrected chi connectivity index (χ4v) is 2.93. The molecule has 0 atom stereocenters. The monoisotopic (exact) mass is 386 g/mol. The van der Waals surface area contributed by atoms with E-state index in [0.29, 0.717) is 22.3 Å². The molecule has 1 N–H and O–H groups in total. The topological polar surface area (TPSA) is 111 Å². The van der Waals surface area contributed by atoms with Crippen molar-refractivity contribution in [2.75, 3.05) is 0 Å². The Morgan fingerprint density at radius 1 is 1.00 bits per heavy atom. The molecule has 0 saturated heterocycles. The predicted octanol–water partition coefficient (Wildman–Crippen LogP) is 3.56. The molecule has 0 aliphatic carbocycles. The quantitative estimate of drug-likeness (QED) is 0.327. The van der Waals surface area contributed by atoms with E-state index in [-0.39, 0.29) is 5.56 Å². The van der Waals surface area contributed by atoms with Crippen LogP contribution in [-0.2, 0) is 0 Å². The highest BCUT2D eigenvalue weighted by atomic mass is 16.6. The Bertz CT molecular complexity index is 1310. The molecule has 0 aliphatic heterocycles. The summed E-state index contributed by atoms with van der Waals surface area (Å²) in [4.78, 5) is 27.9. The van der Waals surface area contributed by atoms with Crippen LogP contribution in [0.2, 0.25) is 0 Å². The second-order valence-corrected chi connectivity index (χ2v) is 6.15. The van der Waals surface area contributed by atoms with Crippen LogP contribution in [0.3, 0.4) is 0 Å². The van der Waals surface area contributed by atoms with Crippen LogP contribution in [-0.4, -0.2) is 25.9 Å². The third kappa shape index (κ3) is 3.34. The molecule has 4 rings (SSSR count). The van der Waals surface area contributed by atoms with Crippen LogP contribution in [0, 0.1) is 10.1 Å². The van der Waals surface area contributed by atoms with Gasteiger partial charge in [0.1, 0.15) is 0 Å². The number of hydrogen-bond donors (Lipinski definition) is 1. The number of hydrogen-bond acceptors (Lipinski definition) is 6. The molecule has 0 amide bonds. The van der Waals surface area contributed by atoms with Crippen molar-refractivity contribution in [2.45, 2.75) is 0 Å². The average molecular weight is 386 g/mol. The number of benzene rings is 3. The molecule has 8 nitrogen and oxygen atoms in total. The second-order valence-electron chi connectivity index (χ2n) is 6.15. The number of aromatic hydroxyl groups is 1. The number of fused-ring (bicyclic) bond motifs is 1. The fourth-order valence-electron chi connectivity index (χ4n) is 2.93. The van der Waals surface area contributed by atoms with Gasteiger partial charge in [-0.3, -0.25) is 14.9 Å². The lowest BCUT2D eigenvalue weighted by molar-refractivity contribution is -0.385. The first-order chi connectivity index (χ1) is 14.1. The van der Waals surface area contributed by atoms with Gasteiger partial charge in [0, 0.05) is 17.2 Å². The zero-order chi connectivity index (χ0) is 20.4. The molecule has 0 aliphatic rings. The summed E-state index contributed by atoms with van der Waals surface area (Å²) in [5, 5.41) is 25.7. The Morgan fingerprint density at radius 2 is 1.72 bits per heavy atom. The molecule has 3 aromatic carbocycles. The Morgan fingerprint density at radius 3 is 2.48 bits per heavy atom. The number of para-hydroxylation sites is 2. The van der Waals surface area contributed by atoms with E-state index in [9.17, 15) is 20.0 Å². The van der Waals surface area contributed by atoms with Gasteiger partial charge in [-0.1, -0.05) is 48.5 Å². The van der Waals surface area contributed by atoms with Gasteiger partial charge in [0.05, 0.1) is 22.0 Å². The van der Waals surface area contributed by atoms with E-state index in [1.165, 1.54) is 24.4 Å². The molecule has 0 radical (unpaired) electrons. The first-order valence-corrected chi connectivity index (χ1v) is 8.64. The molecule has 0 unspecified atom stereocenters. The van der Waals surface area contributed by atoms with Gasteiger partial charge in [-0.2, -0.15) is 9.78 Å². The molecule has 0 bridgehead atoms. The van der Waals surface area contributed by atoms with E-state index in [0.717, 1.165) is 4.68 Å². The maximum atomic E-state index is 13.0. The van der Waals surface area contributed by atoms with Crippen LogP contribution in [0.1, 0.15) is 5.56 Å². The lowest BCUT2D eigenvalue weighted by atomic mass is 10.2. The fraction of sp³-hybridized carbons (Fsp3) is 0. The van der Waals surface area contributed by atoms with Crippen molar-refractivity contribution in [3.8, 4) is 17.1 Å². The third-order valence-corrected chi connectivity index (χ3v) is 4.34. The van der Waals surface area contributed by atoms with Gasteiger partial charge in [-0.25, -0.2) is 4.98 Å². The molecular weight excluding hydrogens is 372 g/mol. The Labute approximate surface area is 164 Å². The number of nitro benzene ring substituents is 1. The minimum Gasteiger partial charge on any atom is -0.502 e. The third-order valence-electron chi connectivity index (χ3n) is 4.34. The van der Waals surface area contributed by atoms with Crippen LogP contribution in [0.4, 0.5) is 5.69 Å².